The SMILES string of the molecule is O=C(NCCn1ccnc1)c1ccc(Br)o1. The highest BCUT2D eigenvalue weighted by Crippen LogP contribution is 2.13. The fraction of sp³-hybridized carbons (Fsp3) is 0.200. The van der Waals surface area contributed by atoms with Gasteiger partial charge in [0.1, 0.15) is 0 Å². The Morgan fingerprint density at radius 3 is 3.06 bits per heavy atom. The van der Waals surface area contributed by atoms with Crippen molar-refractivity contribution >= 4 is 21.8 Å². The number of hydrogen-bond donors (Lipinski definition) is 1. The van der Waals surface area contributed by atoms with Crippen LogP contribution in [0, 0.1) is 0 Å². The number of nitrogens with zero attached hydrogens (tertiary/aromatic N) is 2. The van der Waals surface area contributed by atoms with Crippen LogP contribution in [0.3, 0.4) is 0 Å². The highest BCUT2D eigenvalue weighted by atomic mass is 79.9. The minimum Gasteiger partial charge on any atom is -0.444 e. The number of amides is 1. The third-order valence-electron chi connectivity index (χ3n) is 2.01. The molecule has 0 aromatic carbocycles. The van der Waals surface area contributed by atoms with Gasteiger partial charge >= 0.3 is 0 Å². The summed E-state index contributed by atoms with van der Waals surface area (Å²) in [6, 6.07) is 3.31. The number of hydrogen-bond acceptors (Lipinski definition) is 3. The van der Waals surface area contributed by atoms with Gasteiger partial charge in [-0.2, -0.15) is 0 Å². The van der Waals surface area contributed by atoms with Crippen molar-refractivity contribution in [2.45, 2.75) is 6.54 Å². The molecule has 1 N–H and O–H groups in total. The van der Waals surface area contributed by atoms with Crippen LogP contribution in [0.15, 0.2) is 39.9 Å². The van der Waals surface area contributed by atoms with Gasteiger partial charge in [-0.05, 0) is 28.1 Å². The fourth-order valence-electron chi connectivity index (χ4n) is 1.24. The Bertz CT molecular complexity index is 464. The first-order valence-electron chi connectivity index (χ1n) is 4.75. The second kappa shape index (κ2) is 4.98. The summed E-state index contributed by atoms with van der Waals surface area (Å²) < 4.78 is 7.55. The van der Waals surface area contributed by atoms with Gasteiger partial charge in [0.25, 0.3) is 5.91 Å². The molecule has 6 heteroatoms. The molecule has 2 heterocycles. The van der Waals surface area contributed by atoms with E-state index in [0.717, 1.165) is 0 Å². The summed E-state index contributed by atoms with van der Waals surface area (Å²) in [5.41, 5.74) is 0. The molecule has 0 saturated heterocycles. The average Bonchev–Trinajstić information content (AvgIpc) is 2.89. The molecule has 1 amide bonds. The van der Waals surface area contributed by atoms with Crippen LogP contribution in [0.5, 0.6) is 0 Å². The molecule has 0 aliphatic carbocycles. The second-order valence-corrected chi connectivity index (χ2v) is 3.94. The molecule has 84 valence electrons. The zero-order chi connectivity index (χ0) is 11.4. The Balaban J connectivity index is 1.80. The smallest absolute Gasteiger partial charge is 0.287 e. The number of nitrogens with one attached hydrogen (secondary N) is 1. The lowest BCUT2D eigenvalue weighted by Crippen LogP contribution is -2.26. The summed E-state index contributed by atoms with van der Waals surface area (Å²) in [5, 5.41) is 2.75. The van der Waals surface area contributed by atoms with E-state index in [2.05, 4.69) is 26.2 Å². The first-order valence-corrected chi connectivity index (χ1v) is 5.54. The van der Waals surface area contributed by atoms with Gasteiger partial charge < -0.3 is 14.3 Å². The number of furan rings is 1. The van der Waals surface area contributed by atoms with Crippen molar-refractivity contribution in [3.05, 3.63) is 41.3 Å². The van der Waals surface area contributed by atoms with Gasteiger partial charge in [0.05, 0.1) is 6.33 Å². The Morgan fingerprint density at radius 2 is 2.44 bits per heavy atom. The van der Waals surface area contributed by atoms with Crippen LogP contribution < -0.4 is 5.32 Å². The van der Waals surface area contributed by atoms with Gasteiger partial charge in [-0.1, -0.05) is 0 Å². The number of imidazole rings is 1. The Labute approximate surface area is 101 Å². The molecule has 2 aromatic rings. The minimum absolute atomic E-state index is 0.217. The van der Waals surface area contributed by atoms with E-state index in [4.69, 9.17) is 4.42 Å². The second-order valence-electron chi connectivity index (χ2n) is 3.16. The third-order valence-corrected chi connectivity index (χ3v) is 2.44. The standard InChI is InChI=1S/C10H10BrN3O2/c11-9-2-1-8(16-9)10(15)13-4-6-14-5-3-12-7-14/h1-3,5,7H,4,6H2,(H,13,15). The minimum atomic E-state index is -0.217. The summed E-state index contributed by atoms with van der Waals surface area (Å²) >= 11 is 3.14. The quantitative estimate of drug-likeness (QED) is 0.929. The molecule has 5 nitrogen and oxygen atoms in total. The maximum Gasteiger partial charge on any atom is 0.287 e. The van der Waals surface area contributed by atoms with Gasteiger partial charge in [0.2, 0.25) is 0 Å². The van der Waals surface area contributed by atoms with Crippen molar-refractivity contribution in [1.82, 2.24) is 14.9 Å². The molecule has 0 atom stereocenters. The van der Waals surface area contributed by atoms with Gasteiger partial charge in [-0.3, -0.25) is 4.79 Å². The molecule has 0 fully saturated rings. The molecule has 2 aromatic heterocycles. The van der Waals surface area contributed by atoms with Gasteiger partial charge in [0.15, 0.2) is 10.4 Å². The first-order chi connectivity index (χ1) is 7.75. The van der Waals surface area contributed by atoms with Gasteiger partial charge in [-0.15, -0.1) is 0 Å². The van der Waals surface area contributed by atoms with Crippen molar-refractivity contribution in [3.63, 3.8) is 0 Å². The Kier molecular flexibility index (Phi) is 3.40. The molecule has 0 spiro atoms. The van der Waals surface area contributed by atoms with E-state index in [9.17, 15) is 4.79 Å². The summed E-state index contributed by atoms with van der Waals surface area (Å²) in [4.78, 5) is 15.4. The zero-order valence-electron chi connectivity index (χ0n) is 8.39. The number of rotatable bonds is 4. The van der Waals surface area contributed by atoms with Crippen molar-refractivity contribution in [3.8, 4) is 0 Å². The zero-order valence-corrected chi connectivity index (χ0v) is 9.98. The van der Waals surface area contributed by atoms with Crippen LogP contribution in [0.2, 0.25) is 0 Å². The summed E-state index contributed by atoms with van der Waals surface area (Å²) in [6.45, 7) is 1.22. The Morgan fingerprint density at radius 1 is 1.56 bits per heavy atom. The third kappa shape index (κ3) is 2.73. The molecular weight excluding hydrogens is 274 g/mol. The molecule has 0 saturated carbocycles. The maximum atomic E-state index is 11.5. The average molecular weight is 284 g/mol. The van der Waals surface area contributed by atoms with Crippen LogP contribution in [-0.2, 0) is 6.54 Å². The lowest BCUT2D eigenvalue weighted by Gasteiger charge is -2.03. The van der Waals surface area contributed by atoms with E-state index in [-0.39, 0.29) is 5.91 Å². The molecule has 0 bridgehead atoms. The van der Waals surface area contributed by atoms with Crippen LogP contribution >= 0.6 is 15.9 Å². The van der Waals surface area contributed by atoms with Crippen molar-refractivity contribution < 1.29 is 9.21 Å². The molecule has 0 unspecified atom stereocenters. The molecule has 16 heavy (non-hydrogen) atoms. The monoisotopic (exact) mass is 283 g/mol. The van der Waals surface area contributed by atoms with Gasteiger partial charge in [-0.25, -0.2) is 4.98 Å². The maximum absolute atomic E-state index is 11.5. The van der Waals surface area contributed by atoms with Crippen LogP contribution in [0.4, 0.5) is 0 Å². The predicted octanol–water partition coefficient (Wildman–Crippen LogP) is 1.67. The lowest BCUT2D eigenvalue weighted by atomic mass is 10.4. The van der Waals surface area contributed by atoms with E-state index < -0.39 is 0 Å². The lowest BCUT2D eigenvalue weighted by molar-refractivity contribution is 0.0923. The predicted molar refractivity (Wildman–Crippen MR) is 61.0 cm³/mol. The van der Waals surface area contributed by atoms with Crippen LogP contribution in [0.1, 0.15) is 10.6 Å². The molecule has 0 radical (unpaired) electrons. The van der Waals surface area contributed by atoms with E-state index in [1.165, 1.54) is 0 Å². The molecule has 0 aliphatic heterocycles. The first kappa shape index (κ1) is 10.9. The van der Waals surface area contributed by atoms with E-state index >= 15 is 0 Å². The molecular formula is C10H10BrN3O2. The number of aromatic nitrogens is 2. The largest absolute Gasteiger partial charge is 0.444 e. The van der Waals surface area contributed by atoms with Crippen LogP contribution in [0.25, 0.3) is 0 Å². The Hall–Kier alpha value is -1.56. The van der Waals surface area contributed by atoms with E-state index in [1.807, 2.05) is 10.8 Å². The number of carbonyl (C=O) groups is 1. The van der Waals surface area contributed by atoms with E-state index in [1.54, 1.807) is 24.7 Å². The van der Waals surface area contributed by atoms with Crippen molar-refractivity contribution in [2.24, 2.45) is 0 Å². The molecule has 0 aliphatic rings. The summed E-state index contributed by atoms with van der Waals surface area (Å²) in [7, 11) is 0. The highest BCUT2D eigenvalue weighted by molar-refractivity contribution is 9.10. The fourth-order valence-corrected chi connectivity index (χ4v) is 1.55. The van der Waals surface area contributed by atoms with Crippen LogP contribution in [-0.4, -0.2) is 22.0 Å². The highest BCUT2D eigenvalue weighted by Gasteiger charge is 2.08. The van der Waals surface area contributed by atoms with Crippen molar-refractivity contribution in [1.29, 1.82) is 0 Å². The van der Waals surface area contributed by atoms with Crippen molar-refractivity contribution in [2.75, 3.05) is 6.54 Å². The summed E-state index contributed by atoms with van der Waals surface area (Å²) in [5.74, 6) is 0.0864. The normalized spacial score (nSPS) is 10.3. The topological polar surface area (TPSA) is 60.1 Å². The summed E-state index contributed by atoms with van der Waals surface area (Å²) in [6.07, 6.45) is 5.25. The molecule has 2 rings (SSSR count). The van der Waals surface area contributed by atoms with Gasteiger partial charge in [0, 0.05) is 25.5 Å². The van der Waals surface area contributed by atoms with E-state index in [0.29, 0.717) is 23.5 Å². The number of carbonyl (C=O) groups excluding carboxylic acids is 1. The number of halogens is 1.